The van der Waals surface area contributed by atoms with Gasteiger partial charge in [0.25, 0.3) is 11.6 Å². The minimum Gasteiger partial charge on any atom is -0.365 e. The first kappa shape index (κ1) is 10.9. The number of hydrogen-bond donors (Lipinski definition) is 1. The molecule has 0 heterocycles. The van der Waals surface area contributed by atoms with E-state index in [-0.39, 0.29) is 16.3 Å². The Kier molecular flexibility index (Phi) is 3.07. The smallest absolute Gasteiger partial charge is 0.283 e. The van der Waals surface area contributed by atoms with Crippen LogP contribution < -0.4 is 5.73 Å². The van der Waals surface area contributed by atoms with E-state index in [1.54, 1.807) is 0 Å². The lowest BCUT2D eigenvalue weighted by molar-refractivity contribution is -0.385. The summed E-state index contributed by atoms with van der Waals surface area (Å²) in [4.78, 5) is 20.7. The molecule has 1 amide bonds. The third-order valence-electron chi connectivity index (χ3n) is 1.50. The summed E-state index contributed by atoms with van der Waals surface area (Å²) in [5.74, 6) is -0.883. The van der Waals surface area contributed by atoms with Gasteiger partial charge in [-0.2, -0.15) is 0 Å². The van der Waals surface area contributed by atoms with Gasteiger partial charge < -0.3 is 5.73 Å². The highest BCUT2D eigenvalue weighted by Crippen LogP contribution is 2.30. The number of nitrogens with zero attached hydrogens (tertiary/aromatic N) is 1. The van der Waals surface area contributed by atoms with Gasteiger partial charge >= 0.3 is 0 Å². The highest BCUT2D eigenvalue weighted by molar-refractivity contribution is 9.10. The van der Waals surface area contributed by atoms with Gasteiger partial charge in [0, 0.05) is 10.5 Å². The van der Waals surface area contributed by atoms with Gasteiger partial charge in [0.15, 0.2) is 0 Å². The molecule has 0 aliphatic heterocycles. The number of nitro groups is 1. The van der Waals surface area contributed by atoms with E-state index >= 15 is 0 Å². The zero-order valence-corrected chi connectivity index (χ0v) is 9.00. The summed E-state index contributed by atoms with van der Waals surface area (Å²) in [6, 6.07) is 2.30. The van der Waals surface area contributed by atoms with Crippen LogP contribution in [0, 0.1) is 10.1 Å². The van der Waals surface area contributed by atoms with Crippen molar-refractivity contribution in [3.63, 3.8) is 0 Å². The first-order valence-electron chi connectivity index (χ1n) is 3.36. The van der Waals surface area contributed by atoms with Gasteiger partial charge in [-0.1, -0.05) is 11.6 Å². The van der Waals surface area contributed by atoms with Gasteiger partial charge in [0.2, 0.25) is 0 Å². The van der Waals surface area contributed by atoms with Crippen LogP contribution in [0.2, 0.25) is 5.02 Å². The summed E-state index contributed by atoms with van der Waals surface area (Å²) in [6.07, 6.45) is 0. The molecule has 74 valence electrons. The van der Waals surface area contributed by atoms with Gasteiger partial charge in [-0.05, 0) is 22.0 Å². The fourth-order valence-electron chi connectivity index (χ4n) is 0.885. The minimum atomic E-state index is -0.883. The second-order valence-corrected chi connectivity index (χ2v) is 3.67. The van der Waals surface area contributed by atoms with E-state index in [0.717, 1.165) is 12.1 Å². The van der Waals surface area contributed by atoms with Gasteiger partial charge in [-0.3, -0.25) is 14.9 Å². The largest absolute Gasteiger partial charge is 0.365 e. The average molecular weight is 279 g/mol. The maximum atomic E-state index is 10.8. The van der Waals surface area contributed by atoms with Gasteiger partial charge in [-0.15, -0.1) is 0 Å². The van der Waals surface area contributed by atoms with Crippen LogP contribution in [0.5, 0.6) is 0 Å². The molecule has 2 N–H and O–H groups in total. The molecule has 7 heteroatoms. The van der Waals surface area contributed by atoms with E-state index < -0.39 is 10.8 Å². The van der Waals surface area contributed by atoms with Gasteiger partial charge in [-0.25, -0.2) is 0 Å². The molecule has 0 saturated carbocycles. The van der Waals surface area contributed by atoms with Crippen molar-refractivity contribution in [3.05, 3.63) is 37.3 Å². The van der Waals surface area contributed by atoms with Crippen molar-refractivity contribution in [2.45, 2.75) is 0 Å². The molecule has 0 aliphatic carbocycles. The van der Waals surface area contributed by atoms with E-state index in [1.165, 1.54) is 0 Å². The molecule has 1 aromatic carbocycles. The maximum absolute atomic E-state index is 10.8. The highest BCUT2D eigenvalue weighted by Gasteiger charge is 2.20. The van der Waals surface area contributed by atoms with Crippen LogP contribution in [-0.4, -0.2) is 10.8 Å². The molecule has 0 aliphatic rings. The zero-order chi connectivity index (χ0) is 10.9. The van der Waals surface area contributed by atoms with Crippen molar-refractivity contribution < 1.29 is 9.72 Å². The summed E-state index contributed by atoms with van der Waals surface area (Å²) < 4.78 is 0.343. The van der Waals surface area contributed by atoms with Crippen LogP contribution in [0.1, 0.15) is 10.4 Å². The van der Waals surface area contributed by atoms with E-state index in [2.05, 4.69) is 15.9 Å². The van der Waals surface area contributed by atoms with Crippen molar-refractivity contribution in [2.24, 2.45) is 5.73 Å². The Morgan fingerprint density at radius 1 is 1.57 bits per heavy atom. The molecule has 0 atom stereocenters. The Balaban J connectivity index is 3.46. The first-order chi connectivity index (χ1) is 6.43. The number of carbonyl (C=O) groups is 1. The summed E-state index contributed by atoms with van der Waals surface area (Å²) >= 11 is 8.67. The van der Waals surface area contributed by atoms with Crippen LogP contribution in [0.15, 0.2) is 16.6 Å². The molecule has 0 spiro atoms. The molecule has 5 nitrogen and oxygen atoms in total. The second kappa shape index (κ2) is 3.93. The molecule has 1 rings (SSSR count). The molecule has 1 aromatic rings. The predicted molar refractivity (Wildman–Crippen MR) is 54.3 cm³/mol. The monoisotopic (exact) mass is 278 g/mol. The van der Waals surface area contributed by atoms with Crippen molar-refractivity contribution in [1.82, 2.24) is 0 Å². The molecule has 0 fully saturated rings. The van der Waals surface area contributed by atoms with E-state index in [9.17, 15) is 14.9 Å². The topological polar surface area (TPSA) is 86.2 Å². The van der Waals surface area contributed by atoms with Crippen LogP contribution in [0.3, 0.4) is 0 Å². The zero-order valence-electron chi connectivity index (χ0n) is 6.66. The predicted octanol–water partition coefficient (Wildman–Crippen LogP) is 2.11. The van der Waals surface area contributed by atoms with Gasteiger partial charge in [0.05, 0.1) is 9.95 Å². The van der Waals surface area contributed by atoms with Crippen LogP contribution >= 0.6 is 27.5 Å². The van der Waals surface area contributed by atoms with Crippen molar-refractivity contribution in [1.29, 1.82) is 0 Å². The average Bonchev–Trinajstić information content (AvgIpc) is 2.08. The standard InChI is InChI=1S/C7H4BrClN2O3/c8-4-2-6(11(13)14)3(7(10)12)1-5(4)9/h1-2H,(H2,10,12). The number of carbonyl (C=O) groups excluding carboxylic acids is 1. The number of rotatable bonds is 2. The molecule has 0 saturated heterocycles. The number of primary amides is 1. The summed E-state index contributed by atoms with van der Waals surface area (Å²) in [7, 11) is 0. The molecule has 0 bridgehead atoms. The number of hydrogen-bond acceptors (Lipinski definition) is 3. The Morgan fingerprint density at radius 3 is 2.57 bits per heavy atom. The van der Waals surface area contributed by atoms with Crippen molar-refractivity contribution in [3.8, 4) is 0 Å². The second-order valence-electron chi connectivity index (χ2n) is 2.40. The van der Waals surface area contributed by atoms with E-state index in [0.29, 0.717) is 4.47 Å². The van der Waals surface area contributed by atoms with Gasteiger partial charge in [0.1, 0.15) is 5.56 Å². The Hall–Kier alpha value is -1.14. The lowest BCUT2D eigenvalue weighted by atomic mass is 10.2. The molecule has 0 radical (unpaired) electrons. The van der Waals surface area contributed by atoms with E-state index in [1.807, 2.05) is 0 Å². The summed E-state index contributed by atoms with van der Waals surface area (Å²) in [5.41, 5.74) is 4.38. The van der Waals surface area contributed by atoms with Crippen LogP contribution in [0.4, 0.5) is 5.69 Å². The first-order valence-corrected chi connectivity index (χ1v) is 4.54. The summed E-state index contributed by atoms with van der Waals surface area (Å²) in [6.45, 7) is 0. The number of nitro benzene ring substituents is 1. The Labute approximate surface area is 92.1 Å². The molecular weight excluding hydrogens is 275 g/mol. The lowest BCUT2D eigenvalue weighted by Gasteiger charge is -2.01. The minimum absolute atomic E-state index is 0.199. The van der Waals surface area contributed by atoms with Crippen LogP contribution in [-0.2, 0) is 0 Å². The van der Waals surface area contributed by atoms with Crippen molar-refractivity contribution in [2.75, 3.05) is 0 Å². The Bertz CT molecular complexity index is 383. The Morgan fingerprint density at radius 2 is 2.14 bits per heavy atom. The number of nitrogens with two attached hydrogens (primary N) is 1. The fourth-order valence-corrected chi connectivity index (χ4v) is 1.38. The number of benzene rings is 1. The number of halogens is 2. The van der Waals surface area contributed by atoms with E-state index in [4.69, 9.17) is 17.3 Å². The fraction of sp³-hybridized carbons (Fsp3) is 0. The summed E-state index contributed by atoms with van der Waals surface area (Å²) in [5, 5.41) is 10.7. The highest BCUT2D eigenvalue weighted by atomic mass is 79.9. The SMILES string of the molecule is NC(=O)c1cc(Cl)c(Br)cc1[N+](=O)[O-]. The third-order valence-corrected chi connectivity index (χ3v) is 2.70. The molecule has 0 unspecified atom stereocenters. The maximum Gasteiger partial charge on any atom is 0.283 e. The normalized spacial score (nSPS) is 9.86. The van der Waals surface area contributed by atoms with Crippen molar-refractivity contribution >= 4 is 39.1 Å². The quantitative estimate of drug-likeness (QED) is 0.664. The third kappa shape index (κ3) is 2.02. The molecule has 14 heavy (non-hydrogen) atoms. The lowest BCUT2D eigenvalue weighted by Crippen LogP contribution is -2.13. The molecular formula is C7H4BrClN2O3. The molecule has 0 aromatic heterocycles. The number of amides is 1. The van der Waals surface area contributed by atoms with Crippen LogP contribution in [0.25, 0.3) is 0 Å².